The molecular formula is C9H13N3O. The summed E-state index contributed by atoms with van der Waals surface area (Å²) in [6, 6.07) is 0. The van der Waals surface area contributed by atoms with Crippen molar-refractivity contribution in [1.29, 1.82) is 5.41 Å². The highest BCUT2D eigenvalue weighted by atomic mass is 16.2. The van der Waals surface area contributed by atoms with Crippen LogP contribution in [-0.4, -0.2) is 17.3 Å². The third kappa shape index (κ3) is 1.66. The summed E-state index contributed by atoms with van der Waals surface area (Å²) < 4.78 is 0. The molecule has 70 valence electrons. The Morgan fingerprint density at radius 1 is 1.54 bits per heavy atom. The fourth-order valence-electron chi connectivity index (χ4n) is 1.17. The summed E-state index contributed by atoms with van der Waals surface area (Å²) in [5.74, 6) is -0.139. The van der Waals surface area contributed by atoms with Crippen molar-refractivity contribution in [3.63, 3.8) is 0 Å². The van der Waals surface area contributed by atoms with Gasteiger partial charge in [-0.05, 0) is 12.8 Å². The molecule has 13 heavy (non-hydrogen) atoms. The molecule has 0 saturated carbocycles. The molecule has 0 radical (unpaired) electrons. The Morgan fingerprint density at radius 3 is 2.62 bits per heavy atom. The predicted octanol–water partition coefficient (Wildman–Crippen LogP) is 1.09. The number of allylic oxidation sites excluding steroid dienone is 1. The second-order valence-electron chi connectivity index (χ2n) is 3.17. The van der Waals surface area contributed by atoms with Crippen molar-refractivity contribution in [2.45, 2.75) is 20.8 Å². The molecule has 0 aromatic heterocycles. The van der Waals surface area contributed by atoms with Crippen LogP contribution in [0.5, 0.6) is 0 Å². The van der Waals surface area contributed by atoms with E-state index in [0.29, 0.717) is 11.3 Å². The van der Waals surface area contributed by atoms with Crippen LogP contribution in [0.25, 0.3) is 0 Å². The molecule has 0 unspecified atom stereocenters. The fourth-order valence-corrected chi connectivity index (χ4v) is 1.17. The largest absolute Gasteiger partial charge is 0.298 e. The summed E-state index contributed by atoms with van der Waals surface area (Å²) in [6.07, 6.45) is 1.63. The second-order valence-corrected chi connectivity index (χ2v) is 3.17. The maximum Gasteiger partial charge on any atom is 0.273 e. The average Bonchev–Trinajstić information content (AvgIpc) is 2.04. The number of carbonyl (C=O) groups excluding carboxylic acids is 1. The minimum Gasteiger partial charge on any atom is -0.298 e. The van der Waals surface area contributed by atoms with Crippen LogP contribution >= 0.6 is 0 Å². The topological polar surface area (TPSA) is 65.3 Å². The predicted molar refractivity (Wildman–Crippen MR) is 51.9 cm³/mol. The molecule has 0 aliphatic carbocycles. The molecule has 4 nitrogen and oxygen atoms in total. The van der Waals surface area contributed by atoms with Gasteiger partial charge in [0, 0.05) is 0 Å². The molecule has 0 saturated heterocycles. The SMILES string of the molecule is C/C=C1\C(=N)C(C(C)C)=NNC1=O. The van der Waals surface area contributed by atoms with Gasteiger partial charge in [0.2, 0.25) is 0 Å². The molecule has 1 amide bonds. The van der Waals surface area contributed by atoms with Crippen LogP contribution in [0.2, 0.25) is 0 Å². The Hall–Kier alpha value is -1.45. The number of carbonyl (C=O) groups is 1. The molecule has 2 N–H and O–H groups in total. The van der Waals surface area contributed by atoms with Crippen LogP contribution < -0.4 is 5.43 Å². The van der Waals surface area contributed by atoms with Crippen molar-refractivity contribution in [3.8, 4) is 0 Å². The minimum atomic E-state index is -0.295. The molecular weight excluding hydrogens is 166 g/mol. The number of nitrogens with one attached hydrogen (secondary N) is 2. The van der Waals surface area contributed by atoms with Gasteiger partial charge < -0.3 is 0 Å². The van der Waals surface area contributed by atoms with Crippen molar-refractivity contribution < 1.29 is 4.79 Å². The van der Waals surface area contributed by atoms with E-state index in [1.54, 1.807) is 13.0 Å². The van der Waals surface area contributed by atoms with Gasteiger partial charge >= 0.3 is 0 Å². The van der Waals surface area contributed by atoms with Gasteiger partial charge in [0.15, 0.2) is 0 Å². The zero-order valence-electron chi connectivity index (χ0n) is 8.01. The Bertz CT molecular complexity index is 313. The highest BCUT2D eigenvalue weighted by Gasteiger charge is 2.24. The summed E-state index contributed by atoms with van der Waals surface area (Å²) in [6.45, 7) is 5.63. The smallest absolute Gasteiger partial charge is 0.273 e. The molecule has 1 aliphatic rings. The first-order valence-corrected chi connectivity index (χ1v) is 4.21. The van der Waals surface area contributed by atoms with Crippen LogP contribution in [0.1, 0.15) is 20.8 Å². The van der Waals surface area contributed by atoms with E-state index in [9.17, 15) is 4.79 Å². The molecule has 0 bridgehead atoms. The van der Waals surface area contributed by atoms with Crippen LogP contribution in [0.15, 0.2) is 16.8 Å². The van der Waals surface area contributed by atoms with E-state index in [1.807, 2.05) is 13.8 Å². The van der Waals surface area contributed by atoms with Crippen LogP contribution in [-0.2, 0) is 4.79 Å². The third-order valence-electron chi connectivity index (χ3n) is 1.88. The van der Waals surface area contributed by atoms with Crippen molar-refractivity contribution in [2.75, 3.05) is 0 Å². The zero-order valence-corrected chi connectivity index (χ0v) is 8.01. The number of hydrogen-bond donors (Lipinski definition) is 2. The number of nitrogens with zero attached hydrogens (tertiary/aromatic N) is 1. The summed E-state index contributed by atoms with van der Waals surface area (Å²) in [7, 11) is 0. The highest BCUT2D eigenvalue weighted by molar-refractivity contribution is 6.54. The Morgan fingerprint density at radius 2 is 2.15 bits per heavy atom. The lowest BCUT2D eigenvalue weighted by molar-refractivity contribution is -0.117. The van der Waals surface area contributed by atoms with E-state index >= 15 is 0 Å². The molecule has 0 atom stereocenters. The van der Waals surface area contributed by atoms with Gasteiger partial charge in [-0.3, -0.25) is 10.2 Å². The Balaban J connectivity index is 3.07. The standard InChI is InChI=1S/C9H13N3O/c1-4-6-7(10)8(5(2)3)11-12-9(6)13/h4-5,10H,1-3H3,(H,12,13)/b6-4+,10-7?. The normalized spacial score (nSPS) is 20.6. The third-order valence-corrected chi connectivity index (χ3v) is 1.88. The van der Waals surface area contributed by atoms with Gasteiger partial charge in [0.05, 0.1) is 17.0 Å². The fraction of sp³-hybridized carbons (Fsp3) is 0.444. The van der Waals surface area contributed by atoms with Gasteiger partial charge in [0.25, 0.3) is 5.91 Å². The van der Waals surface area contributed by atoms with Crippen molar-refractivity contribution in [1.82, 2.24) is 5.43 Å². The summed E-state index contributed by atoms with van der Waals surface area (Å²) >= 11 is 0. The van der Waals surface area contributed by atoms with Crippen LogP contribution in [0.4, 0.5) is 0 Å². The maximum absolute atomic E-state index is 11.2. The van der Waals surface area contributed by atoms with Gasteiger partial charge in [0.1, 0.15) is 0 Å². The van der Waals surface area contributed by atoms with E-state index < -0.39 is 0 Å². The average molecular weight is 179 g/mol. The minimum absolute atomic E-state index is 0.156. The first kappa shape index (κ1) is 9.64. The molecule has 0 spiro atoms. The van der Waals surface area contributed by atoms with E-state index in [0.717, 1.165) is 0 Å². The number of hydrazone groups is 1. The van der Waals surface area contributed by atoms with Crippen LogP contribution in [0.3, 0.4) is 0 Å². The lowest BCUT2D eigenvalue weighted by atomic mass is 9.96. The lowest BCUT2D eigenvalue weighted by Gasteiger charge is -2.18. The van der Waals surface area contributed by atoms with E-state index in [1.165, 1.54) is 0 Å². The first-order valence-electron chi connectivity index (χ1n) is 4.21. The number of rotatable bonds is 1. The summed E-state index contributed by atoms with van der Waals surface area (Å²) in [5, 5.41) is 11.5. The quantitative estimate of drug-likeness (QED) is 0.581. The van der Waals surface area contributed by atoms with Crippen molar-refractivity contribution >= 4 is 17.3 Å². The molecule has 1 rings (SSSR count). The maximum atomic E-state index is 11.2. The van der Waals surface area contributed by atoms with Crippen LogP contribution in [0, 0.1) is 11.3 Å². The summed E-state index contributed by atoms with van der Waals surface area (Å²) in [5.41, 5.74) is 3.66. The van der Waals surface area contributed by atoms with E-state index in [2.05, 4.69) is 10.5 Å². The second kappa shape index (κ2) is 3.51. The van der Waals surface area contributed by atoms with Crippen molar-refractivity contribution in [3.05, 3.63) is 11.6 Å². The first-order chi connectivity index (χ1) is 6.07. The Kier molecular flexibility index (Phi) is 2.60. The monoisotopic (exact) mass is 179 g/mol. The van der Waals surface area contributed by atoms with Gasteiger partial charge in [-0.1, -0.05) is 19.9 Å². The highest BCUT2D eigenvalue weighted by Crippen LogP contribution is 2.10. The molecule has 0 fully saturated rings. The van der Waals surface area contributed by atoms with Gasteiger partial charge in [-0.15, -0.1) is 0 Å². The summed E-state index contributed by atoms with van der Waals surface area (Å²) in [4.78, 5) is 11.2. The molecule has 1 heterocycles. The Labute approximate surface area is 77.2 Å². The molecule has 1 aliphatic heterocycles. The molecule has 0 aromatic rings. The zero-order chi connectivity index (χ0) is 10.0. The van der Waals surface area contributed by atoms with Crippen molar-refractivity contribution in [2.24, 2.45) is 11.0 Å². The van der Waals surface area contributed by atoms with Gasteiger partial charge in [-0.25, -0.2) is 5.43 Å². The van der Waals surface area contributed by atoms with Gasteiger partial charge in [-0.2, -0.15) is 5.10 Å². The number of hydrogen-bond acceptors (Lipinski definition) is 3. The number of amides is 1. The van der Waals surface area contributed by atoms with E-state index in [4.69, 9.17) is 5.41 Å². The lowest BCUT2D eigenvalue weighted by Crippen LogP contribution is -2.37. The van der Waals surface area contributed by atoms with E-state index in [-0.39, 0.29) is 17.5 Å². The molecule has 4 heteroatoms. The molecule has 0 aromatic carbocycles.